The van der Waals surface area contributed by atoms with Crippen molar-refractivity contribution in [3.05, 3.63) is 29.3 Å². The second-order valence-electron chi connectivity index (χ2n) is 4.64. The van der Waals surface area contributed by atoms with E-state index in [-0.39, 0.29) is 21.8 Å². The summed E-state index contributed by atoms with van der Waals surface area (Å²) in [6.45, 7) is 2.97. The molecule has 1 heterocycles. The molecule has 0 saturated carbocycles. The van der Waals surface area contributed by atoms with Crippen LogP contribution in [0.3, 0.4) is 0 Å². The standard InChI is InChI=1S/C12H14F2N2OS/c1-12(4-5-17-6-12)16-8-3-2-7(11(15)18)9(13)10(8)14/h2-3,16H,4-6H2,1H3,(H2,15,18). The molecule has 1 saturated heterocycles. The van der Waals surface area contributed by atoms with E-state index in [1.165, 1.54) is 12.1 Å². The molecular weight excluding hydrogens is 258 g/mol. The van der Waals surface area contributed by atoms with Crippen LogP contribution in [0, 0.1) is 11.6 Å². The number of benzene rings is 1. The van der Waals surface area contributed by atoms with Gasteiger partial charge in [-0.3, -0.25) is 0 Å². The van der Waals surface area contributed by atoms with Crippen LogP contribution in [-0.4, -0.2) is 23.7 Å². The maximum atomic E-state index is 13.9. The van der Waals surface area contributed by atoms with Crippen molar-refractivity contribution in [1.29, 1.82) is 0 Å². The van der Waals surface area contributed by atoms with Crippen molar-refractivity contribution < 1.29 is 13.5 Å². The molecule has 2 rings (SSSR count). The maximum Gasteiger partial charge on any atom is 0.182 e. The van der Waals surface area contributed by atoms with E-state index in [2.05, 4.69) is 17.5 Å². The Morgan fingerprint density at radius 2 is 2.17 bits per heavy atom. The Morgan fingerprint density at radius 3 is 2.72 bits per heavy atom. The largest absolute Gasteiger partial charge is 0.389 e. The fourth-order valence-corrected chi connectivity index (χ4v) is 2.08. The van der Waals surface area contributed by atoms with Crippen LogP contribution in [0.5, 0.6) is 0 Å². The van der Waals surface area contributed by atoms with Gasteiger partial charge in [0.1, 0.15) is 4.99 Å². The van der Waals surface area contributed by atoms with Crippen LogP contribution in [0.25, 0.3) is 0 Å². The summed E-state index contributed by atoms with van der Waals surface area (Å²) >= 11 is 4.65. The normalized spacial score (nSPS) is 23.1. The average molecular weight is 272 g/mol. The number of thiocarbonyl (C=S) groups is 1. The first-order chi connectivity index (χ1) is 8.43. The number of rotatable bonds is 3. The molecule has 6 heteroatoms. The maximum absolute atomic E-state index is 13.9. The lowest BCUT2D eigenvalue weighted by Crippen LogP contribution is -2.35. The Bertz CT molecular complexity index is 487. The summed E-state index contributed by atoms with van der Waals surface area (Å²) in [6, 6.07) is 2.82. The smallest absolute Gasteiger partial charge is 0.182 e. The number of hydrogen-bond donors (Lipinski definition) is 2. The van der Waals surface area contributed by atoms with Gasteiger partial charge in [0, 0.05) is 12.2 Å². The van der Waals surface area contributed by atoms with Crippen LogP contribution < -0.4 is 11.1 Å². The summed E-state index contributed by atoms with van der Waals surface area (Å²) in [5.74, 6) is -1.98. The molecule has 0 radical (unpaired) electrons. The second-order valence-corrected chi connectivity index (χ2v) is 5.08. The van der Waals surface area contributed by atoms with Crippen molar-refractivity contribution in [1.82, 2.24) is 0 Å². The van der Waals surface area contributed by atoms with Gasteiger partial charge in [-0.2, -0.15) is 0 Å². The minimum absolute atomic E-state index is 0.0825. The van der Waals surface area contributed by atoms with Crippen molar-refractivity contribution in [3.8, 4) is 0 Å². The van der Waals surface area contributed by atoms with Gasteiger partial charge in [-0.15, -0.1) is 0 Å². The molecule has 3 nitrogen and oxygen atoms in total. The highest BCUT2D eigenvalue weighted by molar-refractivity contribution is 7.80. The Morgan fingerprint density at radius 1 is 1.44 bits per heavy atom. The van der Waals surface area contributed by atoms with Crippen LogP contribution in [0.4, 0.5) is 14.5 Å². The fraction of sp³-hybridized carbons (Fsp3) is 0.417. The van der Waals surface area contributed by atoms with E-state index in [0.717, 1.165) is 6.42 Å². The quantitative estimate of drug-likeness (QED) is 0.828. The van der Waals surface area contributed by atoms with Crippen molar-refractivity contribution in [2.24, 2.45) is 5.73 Å². The Hall–Kier alpha value is -1.27. The highest BCUT2D eigenvalue weighted by atomic mass is 32.1. The first-order valence-electron chi connectivity index (χ1n) is 5.57. The van der Waals surface area contributed by atoms with Gasteiger partial charge in [0.2, 0.25) is 0 Å². The summed E-state index contributed by atoms with van der Waals surface area (Å²) in [7, 11) is 0. The molecule has 1 aliphatic rings. The number of hydrogen-bond acceptors (Lipinski definition) is 3. The lowest BCUT2D eigenvalue weighted by atomic mass is 10.0. The zero-order valence-corrected chi connectivity index (χ0v) is 10.7. The summed E-state index contributed by atoms with van der Waals surface area (Å²) in [6.07, 6.45) is 0.741. The highest BCUT2D eigenvalue weighted by Crippen LogP contribution is 2.27. The third kappa shape index (κ3) is 2.44. The molecule has 1 aromatic carbocycles. The number of nitrogens with one attached hydrogen (secondary N) is 1. The summed E-state index contributed by atoms with van der Waals surface area (Å²) in [4.78, 5) is -0.159. The third-order valence-corrected chi connectivity index (χ3v) is 3.22. The first-order valence-corrected chi connectivity index (χ1v) is 5.97. The van der Waals surface area contributed by atoms with E-state index in [4.69, 9.17) is 10.5 Å². The summed E-state index contributed by atoms with van der Waals surface area (Å²) in [5.41, 5.74) is 4.95. The molecule has 98 valence electrons. The van der Waals surface area contributed by atoms with Crippen LogP contribution in [0.1, 0.15) is 18.9 Å². The molecule has 3 N–H and O–H groups in total. The van der Waals surface area contributed by atoms with Gasteiger partial charge in [-0.25, -0.2) is 8.78 Å². The lowest BCUT2D eigenvalue weighted by molar-refractivity contribution is 0.185. The molecule has 0 aliphatic carbocycles. The van der Waals surface area contributed by atoms with Gasteiger partial charge >= 0.3 is 0 Å². The zero-order valence-electron chi connectivity index (χ0n) is 9.93. The average Bonchev–Trinajstić information content (AvgIpc) is 2.72. The van der Waals surface area contributed by atoms with Gasteiger partial charge in [-0.05, 0) is 25.5 Å². The molecule has 0 spiro atoms. The molecule has 1 fully saturated rings. The molecule has 18 heavy (non-hydrogen) atoms. The molecule has 1 unspecified atom stereocenters. The Balaban J connectivity index is 2.30. The van der Waals surface area contributed by atoms with E-state index in [1.54, 1.807) is 0 Å². The molecule has 0 amide bonds. The minimum atomic E-state index is -1.02. The van der Waals surface area contributed by atoms with Gasteiger partial charge < -0.3 is 15.8 Å². The molecule has 0 bridgehead atoms. The van der Waals surface area contributed by atoms with Gasteiger partial charge in [0.15, 0.2) is 11.6 Å². The summed E-state index contributed by atoms with van der Waals surface area (Å²) in [5, 5.41) is 2.97. The van der Waals surface area contributed by atoms with Gasteiger partial charge in [0.05, 0.1) is 17.8 Å². The molecule has 0 aromatic heterocycles. The number of anilines is 1. The topological polar surface area (TPSA) is 47.3 Å². The van der Waals surface area contributed by atoms with E-state index in [9.17, 15) is 8.78 Å². The SMILES string of the molecule is CC1(Nc2ccc(C(N)=S)c(F)c2F)CCOC1. The highest BCUT2D eigenvalue weighted by Gasteiger charge is 2.30. The Kier molecular flexibility index (Phi) is 3.49. The van der Waals surface area contributed by atoms with Crippen molar-refractivity contribution in [2.75, 3.05) is 18.5 Å². The van der Waals surface area contributed by atoms with Gasteiger partial charge in [-0.1, -0.05) is 12.2 Å². The van der Waals surface area contributed by atoms with Crippen LogP contribution >= 0.6 is 12.2 Å². The van der Waals surface area contributed by atoms with Crippen molar-refractivity contribution in [3.63, 3.8) is 0 Å². The van der Waals surface area contributed by atoms with Crippen LogP contribution in [0.15, 0.2) is 12.1 Å². The van der Waals surface area contributed by atoms with Crippen molar-refractivity contribution in [2.45, 2.75) is 18.9 Å². The van der Waals surface area contributed by atoms with E-state index in [1.807, 2.05) is 6.92 Å². The van der Waals surface area contributed by atoms with Gasteiger partial charge in [0.25, 0.3) is 0 Å². The van der Waals surface area contributed by atoms with E-state index < -0.39 is 11.6 Å². The van der Waals surface area contributed by atoms with Crippen molar-refractivity contribution >= 4 is 22.9 Å². The Labute approximate surface area is 109 Å². The number of nitrogens with two attached hydrogens (primary N) is 1. The monoisotopic (exact) mass is 272 g/mol. The third-order valence-electron chi connectivity index (χ3n) is 3.00. The predicted molar refractivity (Wildman–Crippen MR) is 69.7 cm³/mol. The van der Waals surface area contributed by atoms with Crippen LogP contribution in [-0.2, 0) is 4.74 Å². The number of halogens is 2. The second kappa shape index (κ2) is 4.78. The summed E-state index contributed by atoms with van der Waals surface area (Å²) < 4.78 is 32.8. The van der Waals surface area contributed by atoms with E-state index in [0.29, 0.717) is 13.2 Å². The predicted octanol–water partition coefficient (Wildman–Crippen LogP) is 2.19. The molecule has 1 aromatic rings. The number of ether oxygens (including phenoxy) is 1. The lowest BCUT2D eigenvalue weighted by Gasteiger charge is -2.25. The van der Waals surface area contributed by atoms with E-state index >= 15 is 0 Å². The minimum Gasteiger partial charge on any atom is -0.389 e. The molecule has 1 atom stereocenters. The fourth-order valence-electron chi connectivity index (χ4n) is 1.93. The first kappa shape index (κ1) is 13.2. The molecular formula is C12H14F2N2OS. The zero-order chi connectivity index (χ0) is 13.3. The molecule has 1 aliphatic heterocycles. The van der Waals surface area contributed by atoms with Crippen LogP contribution in [0.2, 0.25) is 0 Å².